The van der Waals surface area contributed by atoms with Crippen molar-refractivity contribution in [3.8, 4) is 0 Å². The molecule has 0 aliphatic heterocycles. The average molecular weight is 171 g/mol. The van der Waals surface area contributed by atoms with Crippen LogP contribution in [0.3, 0.4) is 0 Å². The predicted octanol–water partition coefficient (Wildman–Crippen LogP) is 1.58. The minimum Gasteiger partial charge on any atom is -0.247 e. The molecule has 0 aliphatic rings. The molecule has 0 bridgehead atoms. The van der Waals surface area contributed by atoms with Crippen molar-refractivity contribution in [2.24, 2.45) is 0 Å². The molecule has 0 atom stereocenters. The van der Waals surface area contributed by atoms with Gasteiger partial charge < -0.3 is 0 Å². The van der Waals surface area contributed by atoms with Crippen LogP contribution in [0, 0.1) is 0 Å². The van der Waals surface area contributed by atoms with E-state index in [2.05, 4.69) is 29.6 Å². The highest BCUT2D eigenvalue weighted by atomic mass is 32.2. The van der Waals surface area contributed by atoms with Gasteiger partial charge in [0, 0.05) is 0 Å². The molecule has 0 amide bonds. The van der Waals surface area contributed by atoms with Crippen LogP contribution in [-0.2, 0) is 12.3 Å². The van der Waals surface area contributed by atoms with Crippen molar-refractivity contribution < 1.29 is 4.57 Å². The molecule has 1 rings (SSSR count). The number of nitrogens with zero attached hydrogens (tertiary/aromatic N) is 1. The van der Waals surface area contributed by atoms with Crippen LogP contribution in [0.2, 0.25) is 0 Å². The Morgan fingerprint density at radius 3 is 3.00 bits per heavy atom. The van der Waals surface area contributed by atoms with Gasteiger partial charge >= 0.3 is 0 Å². The molecule has 2 nitrogen and oxygen atoms in total. The molecule has 0 aromatic carbocycles. The van der Waals surface area contributed by atoms with Crippen LogP contribution >= 0.6 is 11.8 Å². The summed E-state index contributed by atoms with van der Waals surface area (Å²) in [5.74, 6) is 3.60. The van der Waals surface area contributed by atoms with Gasteiger partial charge in [-0.3, -0.25) is 0 Å². The number of imidazole rings is 1. The number of hydrogen-bond donors (Lipinski definition) is 1. The lowest BCUT2D eigenvalue weighted by molar-refractivity contribution is -0.698. The van der Waals surface area contributed by atoms with Gasteiger partial charge in [0.1, 0.15) is 12.4 Å². The molecule has 1 aromatic rings. The molecule has 11 heavy (non-hydrogen) atoms. The van der Waals surface area contributed by atoms with Crippen molar-refractivity contribution in [3.05, 3.63) is 18.2 Å². The number of aromatic nitrogens is 2. The third kappa shape index (κ3) is 2.26. The van der Waals surface area contributed by atoms with E-state index in [0.717, 1.165) is 12.3 Å². The number of rotatable bonds is 4. The van der Waals surface area contributed by atoms with E-state index >= 15 is 0 Å². The molecule has 1 aromatic heterocycles. The second-order valence-electron chi connectivity index (χ2n) is 2.33. The third-order valence-electron chi connectivity index (χ3n) is 1.63. The Bertz CT molecular complexity index is 208. The fraction of sp³-hybridized carbons (Fsp3) is 0.625. The summed E-state index contributed by atoms with van der Waals surface area (Å²) in [6.45, 7) is 5.40. The average Bonchev–Trinajstić information content (AvgIpc) is 2.47. The number of aryl methyl sites for hydroxylation is 1. The molecule has 1 N–H and O–H groups in total. The summed E-state index contributed by atoms with van der Waals surface area (Å²) < 4.78 is 2.24. The second kappa shape index (κ2) is 4.44. The quantitative estimate of drug-likeness (QED) is 0.682. The van der Waals surface area contributed by atoms with Gasteiger partial charge in [-0.15, -0.1) is 11.8 Å². The Morgan fingerprint density at radius 2 is 2.36 bits per heavy atom. The van der Waals surface area contributed by atoms with Crippen LogP contribution in [0.5, 0.6) is 0 Å². The zero-order valence-electron chi connectivity index (χ0n) is 7.13. The van der Waals surface area contributed by atoms with E-state index in [0.29, 0.717) is 0 Å². The van der Waals surface area contributed by atoms with Gasteiger partial charge in [-0.05, 0) is 12.7 Å². The summed E-state index contributed by atoms with van der Waals surface area (Å²) in [5, 5.41) is 0. The molecule has 0 aliphatic carbocycles. The topological polar surface area (TPSA) is 19.7 Å². The minimum atomic E-state index is 1.06. The van der Waals surface area contributed by atoms with Crippen molar-refractivity contribution >= 4 is 11.8 Å². The lowest BCUT2D eigenvalue weighted by atomic mass is 10.6. The zero-order chi connectivity index (χ0) is 8.10. The highest BCUT2D eigenvalue weighted by Gasteiger charge is 2.06. The summed E-state index contributed by atoms with van der Waals surface area (Å²) in [4.78, 5) is 3.23. The number of nitrogens with one attached hydrogen (secondary N) is 1. The SMILES string of the molecule is CCSCc1[nH]cc[n+]1CC. The highest BCUT2D eigenvalue weighted by Crippen LogP contribution is 2.04. The molecule has 0 saturated carbocycles. The Labute approximate surface area is 72.0 Å². The molecule has 0 saturated heterocycles. The first-order chi connectivity index (χ1) is 5.38. The second-order valence-corrected chi connectivity index (χ2v) is 3.60. The van der Waals surface area contributed by atoms with Crippen LogP contribution in [0.1, 0.15) is 19.7 Å². The third-order valence-corrected chi connectivity index (χ3v) is 2.52. The first-order valence-corrected chi connectivity index (χ1v) is 5.17. The van der Waals surface area contributed by atoms with Crippen molar-refractivity contribution in [2.75, 3.05) is 5.75 Å². The standard InChI is InChI=1S/C8H14N2S/c1-3-10-6-5-9-8(10)7-11-4-2/h5-6H,3-4,7H2,1-2H3/p+1. The van der Waals surface area contributed by atoms with E-state index in [4.69, 9.17) is 0 Å². The van der Waals surface area contributed by atoms with Crippen molar-refractivity contribution in [1.82, 2.24) is 4.98 Å². The number of H-pyrrole nitrogens is 1. The van der Waals surface area contributed by atoms with Gasteiger partial charge in [0.15, 0.2) is 0 Å². The minimum absolute atomic E-state index is 1.06. The summed E-state index contributed by atoms with van der Waals surface area (Å²) in [5.41, 5.74) is 0. The van der Waals surface area contributed by atoms with Gasteiger partial charge in [0.2, 0.25) is 0 Å². The first-order valence-electron chi connectivity index (χ1n) is 4.02. The Hall–Kier alpha value is -0.440. The fourth-order valence-corrected chi connectivity index (χ4v) is 1.66. The molecule has 1 heterocycles. The number of hydrogen-bond acceptors (Lipinski definition) is 1. The maximum Gasteiger partial charge on any atom is 0.264 e. The van der Waals surface area contributed by atoms with Crippen molar-refractivity contribution in [2.45, 2.75) is 26.1 Å². The smallest absolute Gasteiger partial charge is 0.247 e. The summed E-state index contributed by atoms with van der Waals surface area (Å²) in [6, 6.07) is 0. The molecule has 0 unspecified atom stereocenters. The van der Waals surface area contributed by atoms with Gasteiger partial charge in [0.25, 0.3) is 5.82 Å². The molecular formula is C8H15N2S+. The largest absolute Gasteiger partial charge is 0.264 e. The molecule has 62 valence electrons. The number of thioether (sulfide) groups is 1. The number of aromatic amines is 1. The van der Waals surface area contributed by atoms with Crippen LogP contribution < -0.4 is 4.57 Å². The summed E-state index contributed by atoms with van der Waals surface area (Å²) in [6.07, 6.45) is 4.08. The van der Waals surface area contributed by atoms with Gasteiger partial charge in [-0.2, -0.15) is 0 Å². The monoisotopic (exact) mass is 171 g/mol. The van der Waals surface area contributed by atoms with Crippen molar-refractivity contribution in [3.63, 3.8) is 0 Å². The van der Waals surface area contributed by atoms with E-state index in [1.165, 1.54) is 11.6 Å². The van der Waals surface area contributed by atoms with Crippen molar-refractivity contribution in [1.29, 1.82) is 0 Å². The van der Waals surface area contributed by atoms with Crippen LogP contribution in [0.25, 0.3) is 0 Å². The molecule has 0 spiro atoms. The lowest BCUT2D eigenvalue weighted by Gasteiger charge is -1.94. The molecule has 0 radical (unpaired) electrons. The van der Waals surface area contributed by atoms with E-state index in [-0.39, 0.29) is 0 Å². The van der Waals surface area contributed by atoms with E-state index in [1.54, 1.807) is 0 Å². The Morgan fingerprint density at radius 1 is 1.55 bits per heavy atom. The van der Waals surface area contributed by atoms with Gasteiger partial charge in [-0.25, -0.2) is 9.55 Å². The molecular weight excluding hydrogens is 156 g/mol. The zero-order valence-corrected chi connectivity index (χ0v) is 7.95. The maximum atomic E-state index is 3.23. The van der Waals surface area contributed by atoms with Gasteiger partial charge in [-0.1, -0.05) is 6.92 Å². The van der Waals surface area contributed by atoms with E-state index in [1.807, 2.05) is 18.0 Å². The summed E-state index contributed by atoms with van der Waals surface area (Å²) in [7, 11) is 0. The predicted molar refractivity (Wildman–Crippen MR) is 48.5 cm³/mol. The summed E-state index contributed by atoms with van der Waals surface area (Å²) >= 11 is 1.94. The Kier molecular flexibility index (Phi) is 3.49. The van der Waals surface area contributed by atoms with Gasteiger partial charge in [0.05, 0.1) is 12.3 Å². The first kappa shape index (κ1) is 8.65. The van der Waals surface area contributed by atoms with Crippen LogP contribution in [-0.4, -0.2) is 10.7 Å². The normalized spacial score (nSPS) is 10.4. The Balaban J connectivity index is 2.54. The fourth-order valence-electron chi connectivity index (χ4n) is 1.02. The molecule has 0 fully saturated rings. The lowest BCUT2D eigenvalue weighted by Crippen LogP contribution is -2.34. The van der Waals surface area contributed by atoms with Crippen LogP contribution in [0.4, 0.5) is 0 Å². The van der Waals surface area contributed by atoms with E-state index < -0.39 is 0 Å². The van der Waals surface area contributed by atoms with E-state index in [9.17, 15) is 0 Å². The van der Waals surface area contributed by atoms with Crippen LogP contribution in [0.15, 0.2) is 12.4 Å². The highest BCUT2D eigenvalue weighted by molar-refractivity contribution is 7.98. The maximum absolute atomic E-state index is 3.23. The molecule has 3 heteroatoms.